The van der Waals surface area contributed by atoms with Crippen LogP contribution in [-0.4, -0.2) is 23.7 Å². The summed E-state index contributed by atoms with van der Waals surface area (Å²) in [7, 11) is 0. The van der Waals surface area contributed by atoms with E-state index < -0.39 is 0 Å². The summed E-state index contributed by atoms with van der Waals surface area (Å²) in [6.45, 7) is 4.09. The molecule has 5 nitrogen and oxygen atoms in total. The third-order valence-corrected chi connectivity index (χ3v) is 3.70. The van der Waals surface area contributed by atoms with E-state index in [1.807, 2.05) is 26.0 Å². The van der Waals surface area contributed by atoms with Crippen molar-refractivity contribution in [2.24, 2.45) is 5.92 Å². The number of fused-ring (bicyclic) bond motifs is 1. The van der Waals surface area contributed by atoms with Crippen LogP contribution in [0.15, 0.2) is 12.1 Å². The molecule has 2 unspecified atom stereocenters. The standard InChI is InChI=1S/C14H21N3O2/c1-8(7-18)9(2)16-13-6-12-10(5-11(13)15)3-4-14(19)17-12/h5-6,8-9,16,18H,3-4,7,15H2,1-2H3,(H,17,19). The number of hydrogen-bond acceptors (Lipinski definition) is 4. The molecule has 0 aromatic heterocycles. The summed E-state index contributed by atoms with van der Waals surface area (Å²) < 4.78 is 0. The predicted octanol–water partition coefficient (Wildman–Crippen LogP) is 1.58. The highest BCUT2D eigenvalue weighted by atomic mass is 16.3. The van der Waals surface area contributed by atoms with Crippen LogP contribution >= 0.6 is 0 Å². The molecular weight excluding hydrogens is 242 g/mol. The van der Waals surface area contributed by atoms with Gasteiger partial charge in [-0.2, -0.15) is 0 Å². The zero-order valence-electron chi connectivity index (χ0n) is 11.4. The summed E-state index contributed by atoms with van der Waals surface area (Å²) in [5.74, 6) is 0.171. The summed E-state index contributed by atoms with van der Waals surface area (Å²) >= 11 is 0. The normalized spacial score (nSPS) is 17.3. The van der Waals surface area contributed by atoms with Crippen molar-refractivity contribution in [2.75, 3.05) is 23.0 Å². The molecule has 1 amide bonds. The van der Waals surface area contributed by atoms with Crippen molar-refractivity contribution >= 4 is 23.0 Å². The molecule has 2 rings (SSSR count). The molecule has 0 fully saturated rings. The van der Waals surface area contributed by atoms with Gasteiger partial charge in [0.25, 0.3) is 0 Å². The third-order valence-electron chi connectivity index (χ3n) is 3.70. The first-order valence-electron chi connectivity index (χ1n) is 6.61. The van der Waals surface area contributed by atoms with E-state index in [9.17, 15) is 4.79 Å². The fourth-order valence-electron chi connectivity index (χ4n) is 2.12. The lowest BCUT2D eigenvalue weighted by molar-refractivity contribution is -0.116. The Morgan fingerprint density at radius 1 is 1.42 bits per heavy atom. The fourth-order valence-corrected chi connectivity index (χ4v) is 2.12. The van der Waals surface area contributed by atoms with Crippen LogP contribution in [0.4, 0.5) is 17.1 Å². The molecule has 0 radical (unpaired) electrons. The van der Waals surface area contributed by atoms with Gasteiger partial charge in [-0.25, -0.2) is 0 Å². The maximum atomic E-state index is 11.4. The van der Waals surface area contributed by atoms with E-state index >= 15 is 0 Å². The molecule has 2 atom stereocenters. The lowest BCUT2D eigenvalue weighted by Gasteiger charge is -2.24. The number of amides is 1. The number of nitrogens with two attached hydrogens (primary N) is 1. The second kappa shape index (κ2) is 5.48. The molecule has 1 aromatic rings. The Bertz CT molecular complexity index is 488. The lowest BCUT2D eigenvalue weighted by atomic mass is 10.00. The Morgan fingerprint density at radius 3 is 2.84 bits per heavy atom. The van der Waals surface area contributed by atoms with Crippen LogP contribution in [0.25, 0.3) is 0 Å². The minimum atomic E-state index is 0.0417. The molecule has 5 heteroatoms. The average Bonchev–Trinajstić information content (AvgIpc) is 2.39. The summed E-state index contributed by atoms with van der Waals surface area (Å²) in [5, 5.41) is 15.3. The van der Waals surface area contributed by atoms with Gasteiger partial charge in [-0.15, -0.1) is 0 Å². The SMILES string of the molecule is CC(CO)C(C)Nc1cc2c(cc1N)CCC(=O)N2. The van der Waals surface area contributed by atoms with Crippen molar-refractivity contribution < 1.29 is 9.90 Å². The van der Waals surface area contributed by atoms with Gasteiger partial charge in [0.2, 0.25) is 5.91 Å². The molecule has 0 spiro atoms. The monoisotopic (exact) mass is 263 g/mol. The van der Waals surface area contributed by atoms with E-state index in [-0.39, 0.29) is 24.5 Å². The van der Waals surface area contributed by atoms with E-state index in [4.69, 9.17) is 10.8 Å². The molecule has 1 heterocycles. The first kappa shape index (κ1) is 13.7. The van der Waals surface area contributed by atoms with Crippen LogP contribution in [0.1, 0.15) is 25.8 Å². The van der Waals surface area contributed by atoms with Crippen molar-refractivity contribution in [3.63, 3.8) is 0 Å². The van der Waals surface area contributed by atoms with E-state index in [1.54, 1.807) is 0 Å². The molecule has 0 bridgehead atoms. The smallest absolute Gasteiger partial charge is 0.224 e. The molecule has 104 valence electrons. The molecule has 19 heavy (non-hydrogen) atoms. The minimum absolute atomic E-state index is 0.0417. The van der Waals surface area contributed by atoms with Crippen LogP contribution in [0.3, 0.4) is 0 Å². The number of carbonyl (C=O) groups excluding carboxylic acids is 1. The van der Waals surface area contributed by atoms with Crippen LogP contribution in [0.5, 0.6) is 0 Å². The van der Waals surface area contributed by atoms with Crippen molar-refractivity contribution in [3.8, 4) is 0 Å². The Kier molecular flexibility index (Phi) is 3.95. The van der Waals surface area contributed by atoms with Gasteiger partial charge in [-0.1, -0.05) is 6.92 Å². The molecule has 5 N–H and O–H groups in total. The number of hydrogen-bond donors (Lipinski definition) is 4. The maximum absolute atomic E-state index is 11.4. The first-order chi connectivity index (χ1) is 9.01. The summed E-state index contributed by atoms with van der Waals surface area (Å²) in [5.41, 5.74) is 9.41. The highest BCUT2D eigenvalue weighted by Crippen LogP contribution is 2.31. The molecule has 0 saturated heterocycles. The lowest BCUT2D eigenvalue weighted by Crippen LogP contribution is -2.27. The second-order valence-electron chi connectivity index (χ2n) is 5.24. The molecule has 0 aliphatic carbocycles. The van der Waals surface area contributed by atoms with Gasteiger partial charge in [0, 0.05) is 24.8 Å². The van der Waals surface area contributed by atoms with E-state index in [1.165, 1.54) is 0 Å². The highest BCUT2D eigenvalue weighted by Gasteiger charge is 2.18. The van der Waals surface area contributed by atoms with Gasteiger partial charge in [0.15, 0.2) is 0 Å². The fraction of sp³-hybridized carbons (Fsp3) is 0.500. The van der Waals surface area contributed by atoms with Crippen LogP contribution < -0.4 is 16.4 Å². The predicted molar refractivity (Wildman–Crippen MR) is 77.1 cm³/mol. The molecule has 1 aliphatic rings. The molecule has 1 aliphatic heterocycles. The number of nitrogen functional groups attached to an aromatic ring is 1. The van der Waals surface area contributed by atoms with Gasteiger partial charge in [0.05, 0.1) is 11.4 Å². The molecular formula is C14H21N3O2. The summed E-state index contributed by atoms with van der Waals surface area (Å²) in [6.07, 6.45) is 1.24. The van der Waals surface area contributed by atoms with Gasteiger partial charge >= 0.3 is 0 Å². The number of aryl methyl sites for hydroxylation is 1. The summed E-state index contributed by atoms with van der Waals surface area (Å²) in [4.78, 5) is 11.4. The molecule has 1 aromatic carbocycles. The van der Waals surface area contributed by atoms with Crippen LogP contribution in [0.2, 0.25) is 0 Å². The zero-order chi connectivity index (χ0) is 14.0. The van der Waals surface area contributed by atoms with Crippen molar-refractivity contribution in [3.05, 3.63) is 17.7 Å². The quantitative estimate of drug-likeness (QED) is 0.621. The molecule has 0 saturated carbocycles. The van der Waals surface area contributed by atoms with Crippen molar-refractivity contribution in [1.82, 2.24) is 0 Å². The van der Waals surface area contributed by atoms with Gasteiger partial charge < -0.3 is 21.5 Å². The highest BCUT2D eigenvalue weighted by molar-refractivity contribution is 5.95. The Labute approximate surface area is 113 Å². The Hall–Kier alpha value is -1.75. The second-order valence-corrected chi connectivity index (χ2v) is 5.24. The number of aliphatic hydroxyl groups excluding tert-OH is 1. The Morgan fingerprint density at radius 2 is 2.16 bits per heavy atom. The first-order valence-corrected chi connectivity index (χ1v) is 6.61. The van der Waals surface area contributed by atoms with E-state index in [0.29, 0.717) is 12.1 Å². The van der Waals surface area contributed by atoms with Gasteiger partial charge in [0.1, 0.15) is 0 Å². The largest absolute Gasteiger partial charge is 0.397 e. The van der Waals surface area contributed by atoms with E-state index in [0.717, 1.165) is 23.4 Å². The Balaban J connectivity index is 2.22. The topological polar surface area (TPSA) is 87.4 Å². The van der Waals surface area contributed by atoms with Crippen LogP contribution in [0, 0.1) is 5.92 Å². The van der Waals surface area contributed by atoms with Crippen LogP contribution in [-0.2, 0) is 11.2 Å². The number of aliphatic hydroxyl groups is 1. The minimum Gasteiger partial charge on any atom is -0.397 e. The maximum Gasteiger partial charge on any atom is 0.224 e. The van der Waals surface area contributed by atoms with E-state index in [2.05, 4.69) is 10.6 Å². The average molecular weight is 263 g/mol. The van der Waals surface area contributed by atoms with Crippen molar-refractivity contribution in [2.45, 2.75) is 32.7 Å². The van der Waals surface area contributed by atoms with Crippen molar-refractivity contribution in [1.29, 1.82) is 0 Å². The van der Waals surface area contributed by atoms with Gasteiger partial charge in [-0.3, -0.25) is 4.79 Å². The zero-order valence-corrected chi connectivity index (χ0v) is 11.4. The number of rotatable bonds is 4. The number of benzene rings is 1. The third kappa shape index (κ3) is 2.98. The summed E-state index contributed by atoms with van der Waals surface area (Å²) in [6, 6.07) is 3.89. The number of anilines is 3. The number of nitrogens with one attached hydrogen (secondary N) is 2. The van der Waals surface area contributed by atoms with Gasteiger partial charge in [-0.05, 0) is 37.0 Å². The number of carbonyl (C=O) groups is 1.